The van der Waals surface area contributed by atoms with Gasteiger partial charge in [0.05, 0.1) is 49.1 Å². The van der Waals surface area contributed by atoms with Gasteiger partial charge in [0.25, 0.3) is 0 Å². The van der Waals surface area contributed by atoms with Crippen LogP contribution in [0.25, 0.3) is 0 Å². The van der Waals surface area contributed by atoms with Gasteiger partial charge in [-0.2, -0.15) is 0 Å². The maximum absolute atomic E-state index is 13.8. The largest absolute Gasteiger partial charge is 0.466 e. The highest BCUT2D eigenvalue weighted by molar-refractivity contribution is 8.02. The van der Waals surface area contributed by atoms with Gasteiger partial charge in [-0.25, -0.2) is 0 Å². The van der Waals surface area contributed by atoms with E-state index in [9.17, 15) is 19.5 Å². The molecule has 1 spiro atoms. The van der Waals surface area contributed by atoms with Crippen molar-refractivity contribution in [1.29, 1.82) is 0 Å². The van der Waals surface area contributed by atoms with E-state index in [0.717, 1.165) is 26.1 Å². The van der Waals surface area contributed by atoms with Crippen molar-refractivity contribution in [1.82, 2.24) is 15.1 Å². The fourth-order valence-corrected chi connectivity index (χ4v) is 8.65. The summed E-state index contributed by atoms with van der Waals surface area (Å²) in [7, 11) is 0. The van der Waals surface area contributed by atoms with Crippen LogP contribution in [0.2, 0.25) is 0 Å². The Morgan fingerprint density at radius 1 is 1.30 bits per heavy atom. The van der Waals surface area contributed by atoms with Crippen LogP contribution in [0.15, 0.2) is 0 Å². The molecule has 2 N–H and O–H groups in total. The first-order chi connectivity index (χ1) is 15.8. The summed E-state index contributed by atoms with van der Waals surface area (Å²) in [6.45, 7) is 10.0. The Hall–Kier alpha value is -1.36. The van der Waals surface area contributed by atoms with Gasteiger partial charge in [0.2, 0.25) is 11.8 Å². The molecule has 0 aromatic carbocycles. The van der Waals surface area contributed by atoms with Crippen molar-refractivity contribution in [3.05, 3.63) is 0 Å². The number of carbonyl (C=O) groups is 3. The summed E-state index contributed by atoms with van der Waals surface area (Å²) in [6.07, 6.45) is 1.99. The van der Waals surface area contributed by atoms with E-state index in [4.69, 9.17) is 9.47 Å². The van der Waals surface area contributed by atoms with Crippen molar-refractivity contribution in [2.45, 2.75) is 61.6 Å². The van der Waals surface area contributed by atoms with E-state index < -0.39 is 33.4 Å². The minimum Gasteiger partial charge on any atom is -0.466 e. The van der Waals surface area contributed by atoms with Gasteiger partial charge in [-0.3, -0.25) is 19.3 Å². The number of ether oxygens (including phenoxy) is 2. The van der Waals surface area contributed by atoms with Gasteiger partial charge in [-0.05, 0) is 33.1 Å². The van der Waals surface area contributed by atoms with Crippen molar-refractivity contribution < 1.29 is 29.0 Å². The number of aliphatic hydroxyl groups excluding tert-OH is 1. The van der Waals surface area contributed by atoms with Crippen molar-refractivity contribution >= 4 is 29.5 Å². The van der Waals surface area contributed by atoms with Crippen LogP contribution in [0.4, 0.5) is 0 Å². The van der Waals surface area contributed by atoms with Crippen LogP contribution in [0.5, 0.6) is 0 Å². The molecule has 0 aromatic rings. The van der Waals surface area contributed by atoms with Crippen LogP contribution < -0.4 is 5.32 Å². The molecule has 4 aliphatic heterocycles. The number of nitrogens with zero attached hydrogens (tertiary/aromatic N) is 2. The van der Waals surface area contributed by atoms with Crippen LogP contribution >= 0.6 is 11.8 Å². The molecule has 0 aromatic heterocycles. The lowest BCUT2D eigenvalue weighted by atomic mass is 9.66. The number of hydrogen-bond donors (Lipinski definition) is 2. The van der Waals surface area contributed by atoms with E-state index in [-0.39, 0.29) is 31.0 Å². The lowest BCUT2D eigenvalue weighted by molar-refractivity contribution is -0.155. The summed E-state index contributed by atoms with van der Waals surface area (Å²) in [5.74, 6) is -1.91. The highest BCUT2D eigenvalue weighted by Gasteiger charge is 2.77. The van der Waals surface area contributed by atoms with Gasteiger partial charge < -0.3 is 24.8 Å². The fraction of sp³-hybridized carbons (Fsp3) is 0.870. The smallest absolute Gasteiger partial charge is 0.311 e. The minimum atomic E-state index is -0.706. The first-order valence-electron chi connectivity index (χ1n) is 12.2. The molecule has 4 aliphatic rings. The van der Waals surface area contributed by atoms with Gasteiger partial charge in [0.15, 0.2) is 0 Å². The van der Waals surface area contributed by atoms with E-state index in [1.807, 2.05) is 13.8 Å². The lowest BCUT2D eigenvalue weighted by Crippen LogP contribution is -2.57. The van der Waals surface area contributed by atoms with Crippen LogP contribution in [-0.4, -0.2) is 107 Å². The number of morpholine rings is 1. The molecule has 0 radical (unpaired) electrons. The van der Waals surface area contributed by atoms with E-state index in [1.165, 1.54) is 0 Å². The lowest BCUT2D eigenvalue weighted by Gasteiger charge is -2.37. The summed E-state index contributed by atoms with van der Waals surface area (Å²) in [4.78, 5) is 44.3. The summed E-state index contributed by atoms with van der Waals surface area (Å²) >= 11 is 1.63. The van der Waals surface area contributed by atoms with Gasteiger partial charge in [0, 0.05) is 30.9 Å². The molecule has 6 atom stereocenters. The second-order valence-electron chi connectivity index (χ2n) is 9.71. The van der Waals surface area contributed by atoms with Crippen LogP contribution in [0.3, 0.4) is 0 Å². The molecule has 2 bridgehead atoms. The normalized spacial score (nSPS) is 36.7. The number of esters is 1. The average Bonchev–Trinajstić information content (AvgIpc) is 3.37. The number of amides is 2. The quantitative estimate of drug-likeness (QED) is 0.450. The number of thioether (sulfide) groups is 1. The third kappa shape index (κ3) is 4.06. The third-order valence-corrected chi connectivity index (χ3v) is 9.90. The molecule has 2 unspecified atom stereocenters. The Kier molecular flexibility index (Phi) is 7.29. The van der Waals surface area contributed by atoms with E-state index in [0.29, 0.717) is 32.6 Å². The number of carbonyl (C=O) groups excluding carboxylic acids is 3. The zero-order valence-electron chi connectivity index (χ0n) is 19.9. The van der Waals surface area contributed by atoms with Gasteiger partial charge in [0.1, 0.15) is 6.04 Å². The molecular weight excluding hydrogens is 446 g/mol. The average molecular weight is 484 g/mol. The summed E-state index contributed by atoms with van der Waals surface area (Å²) < 4.78 is 9.67. The van der Waals surface area contributed by atoms with E-state index in [2.05, 4.69) is 10.2 Å². The van der Waals surface area contributed by atoms with E-state index >= 15 is 0 Å². The molecule has 4 saturated heterocycles. The maximum atomic E-state index is 13.8. The Morgan fingerprint density at radius 2 is 2.03 bits per heavy atom. The number of likely N-dealkylation sites (tertiary alicyclic amines) is 1. The summed E-state index contributed by atoms with van der Waals surface area (Å²) in [5.41, 5.74) is 0. The van der Waals surface area contributed by atoms with Gasteiger partial charge >= 0.3 is 5.97 Å². The number of hydrogen-bond acceptors (Lipinski definition) is 8. The molecule has 2 amide bonds. The molecule has 0 saturated carbocycles. The van der Waals surface area contributed by atoms with Crippen LogP contribution in [-0.2, 0) is 23.9 Å². The molecular formula is C23H37N3O6S. The first kappa shape index (κ1) is 24.8. The van der Waals surface area contributed by atoms with Crippen molar-refractivity contribution in [3.63, 3.8) is 0 Å². The maximum Gasteiger partial charge on any atom is 0.311 e. The molecule has 10 heteroatoms. The zero-order chi connectivity index (χ0) is 23.8. The minimum absolute atomic E-state index is 0.188. The second kappa shape index (κ2) is 9.71. The van der Waals surface area contributed by atoms with Gasteiger partial charge in [-0.1, -0.05) is 6.92 Å². The highest BCUT2D eigenvalue weighted by atomic mass is 32.2. The highest BCUT2D eigenvalue weighted by Crippen LogP contribution is 2.71. The topological polar surface area (TPSA) is 108 Å². The Balaban J connectivity index is 1.60. The third-order valence-electron chi connectivity index (χ3n) is 7.91. The van der Waals surface area contributed by atoms with Crippen LogP contribution in [0.1, 0.15) is 40.0 Å². The molecule has 9 nitrogen and oxygen atoms in total. The second-order valence-corrected chi connectivity index (χ2v) is 11.6. The zero-order valence-corrected chi connectivity index (χ0v) is 20.7. The molecule has 186 valence electrons. The SMILES string of the molecule is CCOC(=O)[C@@H]1[C@H]2C(=O)N([C@@H](CC)CO)C(C(=O)NCCN3CCOCC3)C23CC[C@@]1(C)S3. The first-order valence-corrected chi connectivity index (χ1v) is 13.0. The van der Waals surface area contributed by atoms with Crippen molar-refractivity contribution in [2.75, 3.05) is 52.6 Å². The Bertz CT molecular complexity index is 773. The number of nitrogens with one attached hydrogen (secondary N) is 1. The Morgan fingerprint density at radius 3 is 2.67 bits per heavy atom. The summed E-state index contributed by atoms with van der Waals surface area (Å²) in [6, 6.07) is -1.16. The fourth-order valence-electron chi connectivity index (χ4n) is 6.32. The van der Waals surface area contributed by atoms with Crippen LogP contribution in [0, 0.1) is 11.8 Å². The van der Waals surface area contributed by atoms with Crippen molar-refractivity contribution in [3.8, 4) is 0 Å². The number of aliphatic hydroxyl groups is 1. The monoisotopic (exact) mass is 483 g/mol. The molecule has 0 aliphatic carbocycles. The van der Waals surface area contributed by atoms with E-state index in [1.54, 1.807) is 23.6 Å². The number of fused-ring (bicyclic) bond motifs is 1. The number of rotatable bonds is 9. The standard InChI is InChI=1S/C23H37N3O6S/c1-4-15(14-27)26-18(19(28)24-8-9-25-10-12-31-13-11-25)23-7-6-22(3,33-23)17(16(23)20(26)29)21(30)32-5-2/h15-18,27H,4-14H2,1-3H3,(H,24,28)/t15-,16-,17-,18?,22+,23?/m0/s1. The van der Waals surface area contributed by atoms with Crippen molar-refractivity contribution in [2.24, 2.45) is 11.8 Å². The molecule has 4 heterocycles. The predicted octanol–water partition coefficient (Wildman–Crippen LogP) is 0.250. The molecule has 4 rings (SSSR count). The van der Waals surface area contributed by atoms with Gasteiger partial charge in [-0.15, -0.1) is 11.8 Å². The predicted molar refractivity (Wildman–Crippen MR) is 124 cm³/mol. The Labute approximate surface area is 199 Å². The molecule has 4 fully saturated rings. The summed E-state index contributed by atoms with van der Waals surface area (Å²) in [5, 5.41) is 13.1. The molecule has 33 heavy (non-hydrogen) atoms.